The van der Waals surface area contributed by atoms with Gasteiger partial charge in [-0.2, -0.15) is 0 Å². The molecule has 1 aliphatic heterocycles. The Balaban J connectivity index is 2.24. The van der Waals surface area contributed by atoms with Crippen LogP contribution in [0.4, 0.5) is 5.69 Å². The van der Waals surface area contributed by atoms with Crippen LogP contribution in [0.15, 0.2) is 24.3 Å². The summed E-state index contributed by atoms with van der Waals surface area (Å²) in [4.78, 5) is 13.5. The van der Waals surface area contributed by atoms with Gasteiger partial charge in [0.1, 0.15) is 0 Å². The van der Waals surface area contributed by atoms with Gasteiger partial charge in [-0.1, -0.05) is 12.1 Å². The molecule has 5 nitrogen and oxygen atoms in total. The summed E-state index contributed by atoms with van der Waals surface area (Å²) in [6.45, 7) is 2.55. The maximum absolute atomic E-state index is 11.4. The van der Waals surface area contributed by atoms with Crippen molar-refractivity contribution in [1.82, 2.24) is 0 Å². The van der Waals surface area contributed by atoms with Crippen molar-refractivity contribution in [3.05, 3.63) is 29.8 Å². The van der Waals surface area contributed by atoms with Crippen molar-refractivity contribution < 1.29 is 9.53 Å². The Labute approximate surface area is 100 Å². The summed E-state index contributed by atoms with van der Waals surface area (Å²) in [7, 11) is 0. The number of carbonyl (C=O) groups excluding carboxylic acids is 1. The summed E-state index contributed by atoms with van der Waals surface area (Å²) in [5.74, 6) is -0.406. The monoisotopic (exact) mass is 235 g/mol. The van der Waals surface area contributed by atoms with Crippen molar-refractivity contribution in [1.29, 1.82) is 0 Å². The standard InChI is InChI=1S/C12H17N3O2/c13-7-9-8-15(5-6-17-9)11-4-2-1-3-10(11)12(14)16/h1-4,9H,5-8,13H2,(H2,14,16). The van der Waals surface area contributed by atoms with E-state index in [-0.39, 0.29) is 6.10 Å². The Morgan fingerprint density at radius 3 is 2.94 bits per heavy atom. The zero-order valence-electron chi connectivity index (χ0n) is 9.63. The molecule has 92 valence electrons. The van der Waals surface area contributed by atoms with E-state index in [9.17, 15) is 4.79 Å². The number of benzene rings is 1. The number of para-hydroxylation sites is 1. The summed E-state index contributed by atoms with van der Waals surface area (Å²) in [5.41, 5.74) is 12.4. The highest BCUT2D eigenvalue weighted by Gasteiger charge is 2.22. The number of morpholine rings is 1. The number of nitrogens with two attached hydrogens (primary N) is 2. The molecule has 1 unspecified atom stereocenters. The second-order valence-electron chi connectivity index (χ2n) is 4.06. The third kappa shape index (κ3) is 2.57. The number of nitrogens with zero attached hydrogens (tertiary/aromatic N) is 1. The Morgan fingerprint density at radius 1 is 1.47 bits per heavy atom. The number of rotatable bonds is 3. The summed E-state index contributed by atoms with van der Waals surface area (Å²) >= 11 is 0. The van der Waals surface area contributed by atoms with Crippen LogP contribution in [0.3, 0.4) is 0 Å². The number of hydrogen-bond donors (Lipinski definition) is 2. The molecule has 1 aliphatic rings. The molecule has 0 aromatic heterocycles. The van der Waals surface area contributed by atoms with Crippen molar-refractivity contribution in [2.75, 3.05) is 31.1 Å². The molecule has 0 spiro atoms. The van der Waals surface area contributed by atoms with Crippen LogP contribution in [0.25, 0.3) is 0 Å². The lowest BCUT2D eigenvalue weighted by Crippen LogP contribution is -2.46. The molecule has 17 heavy (non-hydrogen) atoms. The molecule has 1 aromatic carbocycles. The average molecular weight is 235 g/mol. The van der Waals surface area contributed by atoms with Crippen LogP contribution >= 0.6 is 0 Å². The van der Waals surface area contributed by atoms with Gasteiger partial charge in [0.25, 0.3) is 5.91 Å². The molecule has 4 N–H and O–H groups in total. The largest absolute Gasteiger partial charge is 0.373 e. The summed E-state index contributed by atoms with van der Waals surface area (Å²) < 4.78 is 5.50. The van der Waals surface area contributed by atoms with Crippen molar-refractivity contribution in [2.24, 2.45) is 11.5 Å². The Kier molecular flexibility index (Phi) is 3.61. The minimum atomic E-state index is -0.406. The van der Waals surface area contributed by atoms with Gasteiger partial charge < -0.3 is 21.1 Å². The van der Waals surface area contributed by atoms with Gasteiger partial charge in [0.2, 0.25) is 0 Å². The molecular formula is C12H17N3O2. The first kappa shape index (κ1) is 11.9. The molecule has 5 heteroatoms. The normalized spacial score (nSPS) is 20.3. The first-order valence-electron chi connectivity index (χ1n) is 5.68. The van der Waals surface area contributed by atoms with Crippen LogP contribution in [0, 0.1) is 0 Å². The predicted molar refractivity (Wildman–Crippen MR) is 66.0 cm³/mol. The van der Waals surface area contributed by atoms with Gasteiger partial charge in [-0.25, -0.2) is 0 Å². The molecule has 0 radical (unpaired) electrons. The quantitative estimate of drug-likeness (QED) is 0.769. The molecular weight excluding hydrogens is 218 g/mol. The van der Waals surface area contributed by atoms with Crippen molar-refractivity contribution >= 4 is 11.6 Å². The maximum atomic E-state index is 11.4. The highest BCUT2D eigenvalue weighted by Crippen LogP contribution is 2.22. The van der Waals surface area contributed by atoms with Gasteiger partial charge in [0.15, 0.2) is 0 Å². The fraction of sp³-hybridized carbons (Fsp3) is 0.417. The Bertz CT molecular complexity index is 408. The van der Waals surface area contributed by atoms with Gasteiger partial charge in [-0.05, 0) is 12.1 Å². The second-order valence-corrected chi connectivity index (χ2v) is 4.06. The molecule has 1 fully saturated rings. The summed E-state index contributed by atoms with van der Waals surface area (Å²) in [6.07, 6.45) is 0.0182. The van der Waals surface area contributed by atoms with E-state index in [2.05, 4.69) is 4.90 Å². The van der Waals surface area contributed by atoms with Crippen molar-refractivity contribution in [3.8, 4) is 0 Å². The Morgan fingerprint density at radius 2 is 2.24 bits per heavy atom. The molecule has 1 saturated heterocycles. The van der Waals surface area contributed by atoms with Gasteiger partial charge in [-0.3, -0.25) is 4.79 Å². The number of primary amides is 1. The lowest BCUT2D eigenvalue weighted by Gasteiger charge is -2.34. The molecule has 1 heterocycles. The van der Waals surface area contributed by atoms with Crippen LogP contribution < -0.4 is 16.4 Å². The highest BCUT2D eigenvalue weighted by molar-refractivity contribution is 5.98. The zero-order valence-corrected chi connectivity index (χ0v) is 9.63. The van der Waals surface area contributed by atoms with Crippen LogP contribution in [-0.2, 0) is 4.74 Å². The van der Waals surface area contributed by atoms with Gasteiger partial charge >= 0.3 is 0 Å². The van der Waals surface area contributed by atoms with E-state index in [0.717, 1.165) is 12.2 Å². The van der Waals surface area contributed by atoms with Crippen LogP contribution in [0.1, 0.15) is 10.4 Å². The molecule has 0 saturated carbocycles. The van der Waals surface area contributed by atoms with Crippen LogP contribution in [0.2, 0.25) is 0 Å². The number of hydrogen-bond acceptors (Lipinski definition) is 4. The minimum Gasteiger partial charge on any atom is -0.373 e. The van der Waals surface area contributed by atoms with E-state index in [1.165, 1.54) is 0 Å². The van der Waals surface area contributed by atoms with E-state index in [4.69, 9.17) is 16.2 Å². The van der Waals surface area contributed by atoms with Crippen LogP contribution in [-0.4, -0.2) is 38.3 Å². The molecule has 1 aromatic rings. The van der Waals surface area contributed by atoms with Crippen LogP contribution in [0.5, 0.6) is 0 Å². The Hall–Kier alpha value is -1.59. The topological polar surface area (TPSA) is 81.6 Å². The van der Waals surface area contributed by atoms with E-state index in [1.54, 1.807) is 6.07 Å². The van der Waals surface area contributed by atoms with Crippen molar-refractivity contribution in [2.45, 2.75) is 6.10 Å². The number of anilines is 1. The lowest BCUT2D eigenvalue weighted by atomic mass is 10.1. The number of amides is 1. The zero-order chi connectivity index (χ0) is 12.3. The second kappa shape index (κ2) is 5.16. The van der Waals surface area contributed by atoms with E-state index >= 15 is 0 Å². The third-order valence-corrected chi connectivity index (χ3v) is 2.91. The number of ether oxygens (including phenoxy) is 1. The average Bonchev–Trinajstić information content (AvgIpc) is 2.39. The fourth-order valence-electron chi connectivity index (χ4n) is 2.04. The first-order valence-corrected chi connectivity index (χ1v) is 5.68. The SMILES string of the molecule is NCC1CN(c2ccccc2C(N)=O)CCO1. The van der Waals surface area contributed by atoms with E-state index in [1.807, 2.05) is 18.2 Å². The van der Waals surface area contributed by atoms with Crippen molar-refractivity contribution in [3.63, 3.8) is 0 Å². The molecule has 0 bridgehead atoms. The maximum Gasteiger partial charge on any atom is 0.250 e. The first-order chi connectivity index (χ1) is 8.22. The fourth-order valence-corrected chi connectivity index (χ4v) is 2.04. The van der Waals surface area contributed by atoms with Gasteiger partial charge in [0, 0.05) is 25.3 Å². The minimum absolute atomic E-state index is 0.0182. The third-order valence-electron chi connectivity index (χ3n) is 2.91. The van der Waals surface area contributed by atoms with Gasteiger partial charge in [-0.15, -0.1) is 0 Å². The molecule has 1 atom stereocenters. The number of carbonyl (C=O) groups is 1. The molecule has 0 aliphatic carbocycles. The summed E-state index contributed by atoms with van der Waals surface area (Å²) in [6, 6.07) is 7.35. The summed E-state index contributed by atoms with van der Waals surface area (Å²) in [5, 5.41) is 0. The van der Waals surface area contributed by atoms with E-state index < -0.39 is 5.91 Å². The molecule has 1 amide bonds. The lowest BCUT2D eigenvalue weighted by molar-refractivity contribution is 0.0465. The van der Waals surface area contributed by atoms with E-state index in [0.29, 0.717) is 25.3 Å². The van der Waals surface area contributed by atoms with Gasteiger partial charge in [0.05, 0.1) is 18.3 Å². The predicted octanol–water partition coefficient (Wildman–Crippen LogP) is -0.0506. The molecule has 2 rings (SSSR count). The highest BCUT2D eigenvalue weighted by atomic mass is 16.5. The smallest absolute Gasteiger partial charge is 0.250 e.